The first kappa shape index (κ1) is 20.5. The number of aromatic nitrogens is 1. The van der Waals surface area contributed by atoms with Crippen LogP contribution < -0.4 is 5.32 Å². The number of carbonyl (C=O) groups is 2. The van der Waals surface area contributed by atoms with Crippen molar-refractivity contribution in [3.63, 3.8) is 0 Å². The van der Waals surface area contributed by atoms with Gasteiger partial charge in [-0.1, -0.05) is 39.8 Å². The number of rotatable bonds is 6. The molecule has 2 aromatic carbocycles. The average molecular weight is 481 g/mol. The van der Waals surface area contributed by atoms with E-state index in [1.165, 1.54) is 42.3 Å². The summed E-state index contributed by atoms with van der Waals surface area (Å²) in [5, 5.41) is 4.58. The number of ether oxygens (including phenoxy) is 1. The van der Waals surface area contributed by atoms with Gasteiger partial charge in [-0.25, -0.2) is 14.2 Å². The monoisotopic (exact) mass is 480 g/mol. The topological polar surface area (TPSA) is 68.3 Å². The number of nitrogens with zero attached hydrogens (tertiary/aromatic N) is 1. The largest absolute Gasteiger partial charge is 0.465 e. The molecule has 0 aliphatic carbocycles. The van der Waals surface area contributed by atoms with Gasteiger partial charge in [-0.15, -0.1) is 11.3 Å². The van der Waals surface area contributed by atoms with Crippen LogP contribution >= 0.6 is 39.0 Å². The van der Waals surface area contributed by atoms with Crippen molar-refractivity contribution >= 4 is 56.6 Å². The summed E-state index contributed by atoms with van der Waals surface area (Å²) in [5.41, 5.74) is 1.94. The Labute approximate surface area is 177 Å². The third-order valence-corrected chi connectivity index (χ3v) is 6.15. The van der Waals surface area contributed by atoms with Gasteiger partial charge in [-0.05, 0) is 30.3 Å². The molecule has 3 rings (SSSR count). The Morgan fingerprint density at radius 3 is 2.71 bits per heavy atom. The van der Waals surface area contributed by atoms with E-state index in [0.717, 1.165) is 26.1 Å². The number of benzene rings is 2. The number of esters is 1. The Hall–Kier alpha value is -2.23. The molecule has 3 aromatic rings. The Morgan fingerprint density at radius 2 is 2.00 bits per heavy atom. The van der Waals surface area contributed by atoms with Crippen LogP contribution in [0.3, 0.4) is 0 Å². The van der Waals surface area contributed by atoms with Crippen LogP contribution in [0.2, 0.25) is 0 Å². The van der Waals surface area contributed by atoms with E-state index < -0.39 is 11.8 Å². The lowest BCUT2D eigenvalue weighted by Gasteiger charge is -2.07. The van der Waals surface area contributed by atoms with Crippen molar-refractivity contribution in [3.05, 3.63) is 63.7 Å². The van der Waals surface area contributed by atoms with E-state index in [0.29, 0.717) is 5.69 Å². The normalized spacial score (nSPS) is 10.5. The van der Waals surface area contributed by atoms with Crippen LogP contribution in [0.5, 0.6) is 0 Å². The molecule has 0 saturated carbocycles. The molecule has 0 radical (unpaired) electrons. The predicted molar refractivity (Wildman–Crippen MR) is 112 cm³/mol. The van der Waals surface area contributed by atoms with Crippen molar-refractivity contribution in [1.82, 2.24) is 4.98 Å². The van der Waals surface area contributed by atoms with E-state index in [-0.39, 0.29) is 17.2 Å². The maximum Gasteiger partial charge on any atom is 0.340 e. The van der Waals surface area contributed by atoms with Gasteiger partial charge in [-0.3, -0.25) is 4.79 Å². The SMILES string of the molecule is COC(=O)c1cc(NC(=O)CSc2nc(-c3ccc(Br)cc3)cs2)ccc1F. The average Bonchev–Trinajstić information content (AvgIpc) is 3.17. The molecule has 5 nitrogen and oxygen atoms in total. The third-order valence-electron chi connectivity index (χ3n) is 3.61. The van der Waals surface area contributed by atoms with Crippen molar-refractivity contribution in [1.29, 1.82) is 0 Å². The Kier molecular flexibility index (Phi) is 6.82. The number of carbonyl (C=O) groups excluding carboxylic acids is 2. The number of halogens is 2. The highest BCUT2D eigenvalue weighted by Gasteiger charge is 2.14. The molecule has 0 unspecified atom stereocenters. The molecule has 1 amide bonds. The highest BCUT2D eigenvalue weighted by Crippen LogP contribution is 2.29. The lowest BCUT2D eigenvalue weighted by molar-refractivity contribution is -0.113. The molecule has 1 aromatic heterocycles. The quantitative estimate of drug-likeness (QED) is 0.386. The summed E-state index contributed by atoms with van der Waals surface area (Å²) in [7, 11) is 1.17. The summed E-state index contributed by atoms with van der Waals surface area (Å²) in [5.74, 6) is -1.65. The zero-order chi connectivity index (χ0) is 20.1. The van der Waals surface area contributed by atoms with E-state index >= 15 is 0 Å². The fourth-order valence-electron chi connectivity index (χ4n) is 2.27. The first-order valence-corrected chi connectivity index (χ1v) is 10.6. The minimum atomic E-state index is -0.800. The molecule has 0 fully saturated rings. The predicted octanol–water partition coefficient (Wildman–Crippen LogP) is 5.23. The number of nitrogens with one attached hydrogen (secondary N) is 1. The zero-order valence-corrected chi connectivity index (χ0v) is 17.8. The number of methoxy groups -OCH3 is 1. The number of amides is 1. The lowest BCUT2D eigenvalue weighted by atomic mass is 10.2. The fourth-order valence-corrected chi connectivity index (χ4v) is 4.17. The second kappa shape index (κ2) is 9.31. The van der Waals surface area contributed by atoms with Crippen LogP contribution in [-0.4, -0.2) is 29.7 Å². The molecular formula is C19H14BrFN2O3S2. The number of thioether (sulfide) groups is 1. The Morgan fingerprint density at radius 1 is 1.25 bits per heavy atom. The third kappa shape index (κ3) is 5.18. The Bertz CT molecular complexity index is 1010. The van der Waals surface area contributed by atoms with Crippen molar-refractivity contribution in [3.8, 4) is 11.3 Å². The zero-order valence-electron chi connectivity index (χ0n) is 14.6. The second-order valence-electron chi connectivity index (χ2n) is 5.53. The summed E-state index contributed by atoms with van der Waals surface area (Å²) >= 11 is 6.16. The smallest absolute Gasteiger partial charge is 0.340 e. The van der Waals surface area contributed by atoms with Gasteiger partial charge >= 0.3 is 5.97 Å². The van der Waals surface area contributed by atoms with Gasteiger partial charge < -0.3 is 10.1 Å². The lowest BCUT2D eigenvalue weighted by Crippen LogP contribution is -2.15. The number of hydrogen-bond acceptors (Lipinski definition) is 6. The van der Waals surface area contributed by atoms with Gasteiger partial charge in [-0.2, -0.15) is 0 Å². The summed E-state index contributed by atoms with van der Waals surface area (Å²) in [6.45, 7) is 0. The van der Waals surface area contributed by atoms with Gasteiger partial charge in [0.05, 0.1) is 24.1 Å². The molecule has 1 heterocycles. The van der Waals surface area contributed by atoms with Crippen LogP contribution in [0, 0.1) is 5.82 Å². The first-order valence-electron chi connectivity index (χ1n) is 7.98. The summed E-state index contributed by atoms with van der Waals surface area (Å²) in [6.07, 6.45) is 0. The van der Waals surface area contributed by atoms with E-state index in [4.69, 9.17) is 0 Å². The number of hydrogen-bond donors (Lipinski definition) is 1. The highest BCUT2D eigenvalue weighted by atomic mass is 79.9. The van der Waals surface area contributed by atoms with E-state index in [1.807, 2.05) is 29.6 Å². The molecule has 0 spiro atoms. The minimum Gasteiger partial charge on any atom is -0.465 e. The van der Waals surface area contributed by atoms with Crippen LogP contribution in [0.25, 0.3) is 11.3 Å². The summed E-state index contributed by atoms with van der Waals surface area (Å²) in [4.78, 5) is 28.2. The standard InChI is InChI=1S/C19H14BrFN2O3S2/c1-26-18(25)14-8-13(6-7-15(14)21)22-17(24)10-28-19-23-16(9-27-19)11-2-4-12(20)5-3-11/h2-9H,10H2,1H3,(H,22,24). The fraction of sp³-hybridized carbons (Fsp3) is 0.105. The van der Waals surface area contributed by atoms with E-state index in [2.05, 4.69) is 31.0 Å². The van der Waals surface area contributed by atoms with Crippen LogP contribution in [0.15, 0.2) is 56.7 Å². The van der Waals surface area contributed by atoms with Crippen LogP contribution in [-0.2, 0) is 9.53 Å². The van der Waals surface area contributed by atoms with Crippen molar-refractivity contribution in [2.75, 3.05) is 18.2 Å². The molecule has 0 saturated heterocycles. The van der Waals surface area contributed by atoms with E-state index in [9.17, 15) is 14.0 Å². The number of thiazole rings is 1. The van der Waals surface area contributed by atoms with E-state index in [1.54, 1.807) is 0 Å². The van der Waals surface area contributed by atoms with Gasteiger partial charge in [0.25, 0.3) is 0 Å². The Balaban J connectivity index is 1.59. The molecule has 1 N–H and O–H groups in total. The molecular weight excluding hydrogens is 467 g/mol. The molecule has 144 valence electrons. The van der Waals surface area contributed by atoms with Crippen molar-refractivity contribution in [2.24, 2.45) is 0 Å². The van der Waals surface area contributed by atoms with Gasteiger partial charge in [0, 0.05) is 21.1 Å². The molecule has 9 heteroatoms. The van der Waals surface area contributed by atoms with Gasteiger partial charge in [0.2, 0.25) is 5.91 Å². The second-order valence-corrected chi connectivity index (χ2v) is 8.52. The van der Waals surface area contributed by atoms with Gasteiger partial charge in [0.1, 0.15) is 5.82 Å². The molecule has 0 atom stereocenters. The van der Waals surface area contributed by atoms with Crippen molar-refractivity contribution in [2.45, 2.75) is 4.34 Å². The van der Waals surface area contributed by atoms with Crippen LogP contribution in [0.4, 0.5) is 10.1 Å². The molecule has 0 bridgehead atoms. The van der Waals surface area contributed by atoms with Crippen molar-refractivity contribution < 1.29 is 18.7 Å². The maximum atomic E-state index is 13.7. The molecule has 0 aliphatic heterocycles. The maximum absolute atomic E-state index is 13.7. The van der Waals surface area contributed by atoms with Gasteiger partial charge in [0.15, 0.2) is 4.34 Å². The molecule has 28 heavy (non-hydrogen) atoms. The summed E-state index contributed by atoms with van der Waals surface area (Å²) in [6, 6.07) is 11.6. The minimum absolute atomic E-state index is 0.137. The number of anilines is 1. The highest BCUT2D eigenvalue weighted by molar-refractivity contribution is 9.10. The van der Waals surface area contributed by atoms with Crippen LogP contribution in [0.1, 0.15) is 10.4 Å². The molecule has 0 aliphatic rings. The summed E-state index contributed by atoms with van der Waals surface area (Å²) < 4.78 is 19.9. The first-order chi connectivity index (χ1) is 13.5.